The van der Waals surface area contributed by atoms with Crippen molar-refractivity contribution in [2.75, 3.05) is 12.3 Å². The molecule has 0 radical (unpaired) electrons. The smallest absolute Gasteiger partial charge is 0.410 e. The largest absolute Gasteiger partial charge is 0.444 e. The van der Waals surface area contributed by atoms with Gasteiger partial charge in [-0.3, -0.25) is 0 Å². The Bertz CT molecular complexity index is 373. The van der Waals surface area contributed by atoms with E-state index >= 15 is 0 Å². The molecule has 0 atom stereocenters. The highest BCUT2D eigenvalue weighted by Gasteiger charge is 2.21. The van der Waals surface area contributed by atoms with E-state index in [9.17, 15) is 4.79 Å². The highest BCUT2D eigenvalue weighted by Crippen LogP contribution is 2.12. The number of hydrogen-bond acceptors (Lipinski definition) is 3. The fraction of sp³-hybridized carbons (Fsp3) is 0.500. The van der Waals surface area contributed by atoms with Crippen LogP contribution in [0.25, 0.3) is 0 Å². The Morgan fingerprint density at radius 3 is 2.39 bits per heavy atom. The van der Waals surface area contributed by atoms with Gasteiger partial charge in [-0.15, -0.1) is 0 Å². The average Bonchev–Trinajstić information content (AvgIpc) is 2.27. The molecule has 0 aliphatic heterocycles. The van der Waals surface area contributed by atoms with E-state index in [-0.39, 0.29) is 6.09 Å². The minimum Gasteiger partial charge on any atom is -0.444 e. The standard InChI is InChI=1S/C14H21NO2S/c1-14(2,3)17-13(16)15(9-10-18)11-12-7-5-4-6-8-12/h4-8,18H,9-11H2,1-3H3. The number of amides is 1. The van der Waals surface area contributed by atoms with Crippen LogP contribution in [0.2, 0.25) is 0 Å². The van der Waals surface area contributed by atoms with Gasteiger partial charge < -0.3 is 9.64 Å². The molecule has 0 saturated heterocycles. The van der Waals surface area contributed by atoms with Crippen molar-refractivity contribution in [1.82, 2.24) is 4.90 Å². The summed E-state index contributed by atoms with van der Waals surface area (Å²) in [4.78, 5) is 13.7. The zero-order valence-corrected chi connectivity index (χ0v) is 12.1. The van der Waals surface area contributed by atoms with Crippen LogP contribution in [0.5, 0.6) is 0 Å². The van der Waals surface area contributed by atoms with Crippen molar-refractivity contribution in [2.24, 2.45) is 0 Å². The monoisotopic (exact) mass is 267 g/mol. The maximum absolute atomic E-state index is 12.0. The van der Waals surface area contributed by atoms with Crippen LogP contribution in [0.15, 0.2) is 30.3 Å². The van der Waals surface area contributed by atoms with Crippen LogP contribution < -0.4 is 0 Å². The predicted molar refractivity (Wildman–Crippen MR) is 76.9 cm³/mol. The lowest BCUT2D eigenvalue weighted by molar-refractivity contribution is 0.0246. The molecule has 0 heterocycles. The van der Waals surface area contributed by atoms with Crippen molar-refractivity contribution in [3.8, 4) is 0 Å². The summed E-state index contributed by atoms with van der Waals surface area (Å²) < 4.78 is 5.38. The van der Waals surface area contributed by atoms with Gasteiger partial charge in [-0.2, -0.15) is 12.6 Å². The Kier molecular flexibility index (Phi) is 5.54. The van der Waals surface area contributed by atoms with Gasteiger partial charge in [0.15, 0.2) is 0 Å². The van der Waals surface area contributed by atoms with Gasteiger partial charge in [0.2, 0.25) is 0 Å². The van der Waals surface area contributed by atoms with E-state index in [0.29, 0.717) is 18.8 Å². The van der Waals surface area contributed by atoms with Crippen LogP contribution in [0.4, 0.5) is 4.79 Å². The van der Waals surface area contributed by atoms with Crippen molar-refractivity contribution in [1.29, 1.82) is 0 Å². The summed E-state index contributed by atoms with van der Waals surface area (Å²) in [5, 5.41) is 0. The highest BCUT2D eigenvalue weighted by molar-refractivity contribution is 7.80. The molecule has 3 nitrogen and oxygen atoms in total. The number of carbonyl (C=O) groups excluding carboxylic acids is 1. The summed E-state index contributed by atoms with van der Waals surface area (Å²) in [5.41, 5.74) is 0.618. The summed E-state index contributed by atoms with van der Waals surface area (Å²) >= 11 is 4.18. The van der Waals surface area contributed by atoms with Gasteiger partial charge in [-0.25, -0.2) is 4.79 Å². The number of rotatable bonds is 4. The molecule has 4 heteroatoms. The zero-order chi connectivity index (χ0) is 13.6. The van der Waals surface area contributed by atoms with E-state index in [1.54, 1.807) is 4.90 Å². The van der Waals surface area contributed by atoms with E-state index in [0.717, 1.165) is 5.56 Å². The second kappa shape index (κ2) is 6.69. The van der Waals surface area contributed by atoms with Gasteiger partial charge in [0.1, 0.15) is 5.60 Å². The second-order valence-electron chi connectivity index (χ2n) is 5.11. The van der Waals surface area contributed by atoms with Gasteiger partial charge >= 0.3 is 6.09 Å². The first kappa shape index (κ1) is 14.9. The Balaban J connectivity index is 2.68. The third-order valence-electron chi connectivity index (χ3n) is 2.24. The number of hydrogen-bond donors (Lipinski definition) is 1. The average molecular weight is 267 g/mol. The maximum atomic E-state index is 12.0. The molecular weight excluding hydrogens is 246 g/mol. The van der Waals surface area contributed by atoms with Crippen molar-refractivity contribution < 1.29 is 9.53 Å². The first-order chi connectivity index (χ1) is 8.42. The lowest BCUT2D eigenvalue weighted by Crippen LogP contribution is -2.37. The van der Waals surface area contributed by atoms with Crippen molar-refractivity contribution >= 4 is 18.7 Å². The van der Waals surface area contributed by atoms with Gasteiger partial charge in [-0.1, -0.05) is 30.3 Å². The molecule has 0 spiro atoms. The SMILES string of the molecule is CC(C)(C)OC(=O)N(CCS)Cc1ccccc1. The molecule has 0 fully saturated rings. The van der Waals surface area contributed by atoms with E-state index in [1.807, 2.05) is 51.1 Å². The quantitative estimate of drug-likeness (QED) is 0.848. The Hall–Kier alpha value is -1.16. The minimum absolute atomic E-state index is 0.291. The molecule has 0 aromatic heterocycles. The molecule has 1 aromatic carbocycles. The number of carbonyl (C=O) groups is 1. The van der Waals surface area contributed by atoms with Crippen LogP contribution in [0.3, 0.4) is 0 Å². The maximum Gasteiger partial charge on any atom is 0.410 e. The van der Waals surface area contributed by atoms with Crippen LogP contribution in [0, 0.1) is 0 Å². The van der Waals surface area contributed by atoms with Gasteiger partial charge in [-0.05, 0) is 26.3 Å². The fourth-order valence-electron chi connectivity index (χ4n) is 1.49. The van der Waals surface area contributed by atoms with Crippen LogP contribution in [0.1, 0.15) is 26.3 Å². The van der Waals surface area contributed by atoms with Crippen LogP contribution >= 0.6 is 12.6 Å². The summed E-state index contributed by atoms with van der Waals surface area (Å²) in [7, 11) is 0. The Labute approximate surface area is 115 Å². The van der Waals surface area contributed by atoms with E-state index in [1.165, 1.54) is 0 Å². The molecule has 0 unspecified atom stereocenters. The molecule has 100 valence electrons. The van der Waals surface area contributed by atoms with Gasteiger partial charge in [0.25, 0.3) is 0 Å². The number of thiol groups is 1. The Morgan fingerprint density at radius 2 is 1.89 bits per heavy atom. The highest BCUT2D eigenvalue weighted by atomic mass is 32.1. The van der Waals surface area contributed by atoms with Gasteiger partial charge in [0, 0.05) is 18.8 Å². The molecule has 0 aliphatic rings. The van der Waals surface area contributed by atoms with Crippen molar-refractivity contribution in [3.63, 3.8) is 0 Å². The zero-order valence-electron chi connectivity index (χ0n) is 11.2. The molecule has 1 aromatic rings. The third-order valence-corrected chi connectivity index (χ3v) is 2.44. The number of benzene rings is 1. The molecule has 1 rings (SSSR count). The molecule has 18 heavy (non-hydrogen) atoms. The minimum atomic E-state index is -0.470. The molecule has 0 saturated carbocycles. The summed E-state index contributed by atoms with van der Waals surface area (Å²) in [6, 6.07) is 9.87. The third kappa shape index (κ3) is 5.45. The van der Waals surface area contributed by atoms with E-state index < -0.39 is 5.60 Å². The lowest BCUT2D eigenvalue weighted by atomic mass is 10.2. The predicted octanol–water partition coefficient (Wildman–Crippen LogP) is 3.35. The molecular formula is C14H21NO2S. The number of nitrogens with zero attached hydrogens (tertiary/aromatic N) is 1. The first-order valence-electron chi connectivity index (χ1n) is 6.05. The van der Waals surface area contributed by atoms with Crippen molar-refractivity contribution in [2.45, 2.75) is 32.9 Å². The topological polar surface area (TPSA) is 29.5 Å². The summed E-state index contributed by atoms with van der Waals surface area (Å²) in [6.45, 7) is 6.73. The first-order valence-corrected chi connectivity index (χ1v) is 6.68. The number of ether oxygens (including phenoxy) is 1. The fourth-order valence-corrected chi connectivity index (χ4v) is 1.73. The van der Waals surface area contributed by atoms with E-state index in [2.05, 4.69) is 12.6 Å². The van der Waals surface area contributed by atoms with Crippen LogP contribution in [-0.2, 0) is 11.3 Å². The summed E-state index contributed by atoms with van der Waals surface area (Å²) in [5.74, 6) is 0.617. The Morgan fingerprint density at radius 1 is 1.28 bits per heavy atom. The molecule has 0 aliphatic carbocycles. The molecule has 0 N–H and O–H groups in total. The second-order valence-corrected chi connectivity index (χ2v) is 5.56. The normalized spacial score (nSPS) is 11.1. The van der Waals surface area contributed by atoms with Gasteiger partial charge in [0.05, 0.1) is 0 Å². The van der Waals surface area contributed by atoms with Crippen molar-refractivity contribution in [3.05, 3.63) is 35.9 Å². The van der Waals surface area contributed by atoms with E-state index in [4.69, 9.17) is 4.74 Å². The lowest BCUT2D eigenvalue weighted by Gasteiger charge is -2.27. The molecule has 1 amide bonds. The summed E-state index contributed by atoms with van der Waals surface area (Å²) in [6.07, 6.45) is -0.291. The molecule has 0 bridgehead atoms. The van der Waals surface area contributed by atoms with Crippen LogP contribution in [-0.4, -0.2) is 28.9 Å².